The molecule has 0 aromatic heterocycles. The molecule has 0 bridgehead atoms. The molecule has 144 valence electrons. The Morgan fingerprint density at radius 1 is 1.04 bits per heavy atom. The second-order valence-corrected chi connectivity index (χ2v) is 6.46. The summed E-state index contributed by atoms with van der Waals surface area (Å²) in [5.41, 5.74) is 6.09. The number of carbonyl (C=O) groups is 2. The van der Waals surface area contributed by atoms with E-state index >= 15 is 0 Å². The summed E-state index contributed by atoms with van der Waals surface area (Å²) in [6.07, 6.45) is 0. The third kappa shape index (κ3) is 5.59. The Morgan fingerprint density at radius 2 is 1.63 bits per heavy atom. The number of hydrogen-bond donors (Lipinski definition) is 2. The number of nitrogens with one attached hydrogen (secondary N) is 1. The average Bonchev–Trinajstić information content (AvgIpc) is 2.63. The van der Waals surface area contributed by atoms with Crippen LogP contribution in [0.2, 0.25) is 0 Å². The number of nitrogens with two attached hydrogens (primary N) is 1. The van der Waals surface area contributed by atoms with Crippen LogP contribution in [0.4, 0.5) is 14.5 Å². The van der Waals surface area contributed by atoms with Crippen LogP contribution in [0, 0.1) is 17.6 Å². The molecule has 0 saturated heterocycles. The van der Waals surface area contributed by atoms with E-state index in [1.807, 2.05) is 0 Å². The smallest absolute Gasteiger partial charge is 0.244 e. The topological polar surface area (TPSA) is 75.4 Å². The number of carbonyl (C=O) groups excluding carboxylic acids is 2. The SMILES string of the molecule is CC(N)C(C)C(=O)N(CC(=O)Nc1ccccc1F)Cc1ccccc1F. The lowest BCUT2D eigenvalue weighted by Crippen LogP contribution is -2.44. The zero-order valence-corrected chi connectivity index (χ0v) is 15.3. The third-order valence-corrected chi connectivity index (χ3v) is 4.29. The molecule has 3 N–H and O–H groups in total. The molecule has 7 heteroatoms. The predicted octanol–water partition coefficient (Wildman–Crippen LogP) is 2.92. The Kier molecular flexibility index (Phi) is 7.01. The van der Waals surface area contributed by atoms with Crippen LogP contribution >= 0.6 is 0 Å². The van der Waals surface area contributed by atoms with E-state index in [0.717, 1.165) is 0 Å². The normalized spacial score (nSPS) is 12.9. The lowest BCUT2D eigenvalue weighted by Gasteiger charge is -2.27. The highest BCUT2D eigenvalue weighted by Crippen LogP contribution is 2.16. The summed E-state index contributed by atoms with van der Waals surface area (Å²) < 4.78 is 27.7. The van der Waals surface area contributed by atoms with Crippen molar-refractivity contribution in [1.82, 2.24) is 4.90 Å². The molecule has 2 aromatic rings. The van der Waals surface area contributed by atoms with E-state index in [4.69, 9.17) is 5.73 Å². The Labute approximate surface area is 157 Å². The Bertz CT molecular complexity index is 811. The van der Waals surface area contributed by atoms with Gasteiger partial charge in [0.25, 0.3) is 0 Å². The molecular weight excluding hydrogens is 352 g/mol. The first kappa shape index (κ1) is 20.5. The van der Waals surface area contributed by atoms with Crippen LogP contribution in [0.1, 0.15) is 19.4 Å². The van der Waals surface area contributed by atoms with E-state index in [2.05, 4.69) is 5.32 Å². The number of hydrogen-bond acceptors (Lipinski definition) is 3. The maximum Gasteiger partial charge on any atom is 0.244 e. The van der Waals surface area contributed by atoms with Gasteiger partial charge >= 0.3 is 0 Å². The number of rotatable bonds is 7. The molecule has 0 heterocycles. The van der Waals surface area contributed by atoms with Crippen LogP contribution in [0.3, 0.4) is 0 Å². The molecule has 2 atom stereocenters. The van der Waals surface area contributed by atoms with Gasteiger partial charge in [0.2, 0.25) is 11.8 Å². The van der Waals surface area contributed by atoms with Gasteiger partial charge in [-0.05, 0) is 25.1 Å². The molecule has 0 aliphatic carbocycles. The van der Waals surface area contributed by atoms with Gasteiger partial charge in [0, 0.05) is 18.2 Å². The fourth-order valence-electron chi connectivity index (χ4n) is 2.48. The maximum absolute atomic E-state index is 14.0. The molecule has 0 spiro atoms. The molecule has 27 heavy (non-hydrogen) atoms. The van der Waals surface area contributed by atoms with Gasteiger partial charge < -0.3 is 16.0 Å². The molecule has 2 aromatic carbocycles. The van der Waals surface area contributed by atoms with Crippen LogP contribution in [0.25, 0.3) is 0 Å². The van der Waals surface area contributed by atoms with Crippen molar-refractivity contribution >= 4 is 17.5 Å². The first-order valence-corrected chi connectivity index (χ1v) is 8.61. The molecule has 0 aliphatic rings. The summed E-state index contributed by atoms with van der Waals surface area (Å²) >= 11 is 0. The summed E-state index contributed by atoms with van der Waals surface area (Å²) in [5, 5.41) is 2.43. The van der Waals surface area contributed by atoms with Gasteiger partial charge in [0.05, 0.1) is 11.6 Å². The van der Waals surface area contributed by atoms with Gasteiger partial charge in [-0.3, -0.25) is 9.59 Å². The van der Waals surface area contributed by atoms with E-state index in [1.54, 1.807) is 38.1 Å². The molecule has 0 fully saturated rings. The summed E-state index contributed by atoms with van der Waals surface area (Å²) in [4.78, 5) is 26.3. The van der Waals surface area contributed by atoms with Crippen molar-refractivity contribution in [3.8, 4) is 0 Å². The number of anilines is 1. The monoisotopic (exact) mass is 375 g/mol. The Balaban J connectivity index is 2.18. The van der Waals surface area contributed by atoms with Gasteiger partial charge in [0.15, 0.2) is 0 Å². The van der Waals surface area contributed by atoms with Gasteiger partial charge in [-0.1, -0.05) is 37.3 Å². The number of para-hydroxylation sites is 1. The number of benzene rings is 2. The number of amides is 2. The Hall–Kier alpha value is -2.80. The van der Waals surface area contributed by atoms with E-state index in [9.17, 15) is 18.4 Å². The molecule has 2 unspecified atom stereocenters. The van der Waals surface area contributed by atoms with Gasteiger partial charge in [0.1, 0.15) is 18.2 Å². The molecule has 0 aliphatic heterocycles. The van der Waals surface area contributed by atoms with Crippen LogP contribution in [0.15, 0.2) is 48.5 Å². The highest BCUT2D eigenvalue weighted by molar-refractivity contribution is 5.95. The van der Waals surface area contributed by atoms with Crippen molar-refractivity contribution in [2.24, 2.45) is 11.7 Å². The minimum atomic E-state index is -0.582. The Morgan fingerprint density at radius 3 is 2.22 bits per heavy atom. The van der Waals surface area contributed by atoms with Gasteiger partial charge in [-0.25, -0.2) is 8.78 Å². The van der Waals surface area contributed by atoms with E-state index in [-0.39, 0.29) is 30.2 Å². The van der Waals surface area contributed by atoms with E-state index in [0.29, 0.717) is 0 Å². The van der Waals surface area contributed by atoms with Crippen molar-refractivity contribution in [2.75, 3.05) is 11.9 Å². The molecule has 2 rings (SSSR count). The quantitative estimate of drug-likeness (QED) is 0.781. The van der Waals surface area contributed by atoms with E-state index in [1.165, 1.54) is 29.2 Å². The predicted molar refractivity (Wildman–Crippen MR) is 99.7 cm³/mol. The van der Waals surface area contributed by atoms with Crippen molar-refractivity contribution in [3.63, 3.8) is 0 Å². The lowest BCUT2D eigenvalue weighted by molar-refractivity contribution is -0.139. The van der Waals surface area contributed by atoms with Gasteiger partial charge in [-0.2, -0.15) is 0 Å². The molecule has 2 amide bonds. The van der Waals surface area contributed by atoms with Crippen LogP contribution in [-0.4, -0.2) is 29.3 Å². The second kappa shape index (κ2) is 9.23. The third-order valence-electron chi connectivity index (χ3n) is 4.29. The highest BCUT2D eigenvalue weighted by Gasteiger charge is 2.26. The second-order valence-electron chi connectivity index (χ2n) is 6.46. The zero-order valence-electron chi connectivity index (χ0n) is 15.3. The van der Waals surface area contributed by atoms with Crippen molar-refractivity contribution in [1.29, 1.82) is 0 Å². The maximum atomic E-state index is 14.0. The fourth-order valence-corrected chi connectivity index (χ4v) is 2.48. The largest absolute Gasteiger partial charge is 0.329 e. The average molecular weight is 375 g/mol. The van der Waals surface area contributed by atoms with Crippen molar-refractivity contribution in [2.45, 2.75) is 26.4 Å². The first-order chi connectivity index (χ1) is 12.8. The fraction of sp³-hybridized carbons (Fsp3) is 0.300. The molecular formula is C20H23F2N3O2. The zero-order chi connectivity index (χ0) is 20.0. The molecule has 0 radical (unpaired) electrons. The molecule has 5 nitrogen and oxygen atoms in total. The minimum absolute atomic E-state index is 0.0148. The highest BCUT2D eigenvalue weighted by atomic mass is 19.1. The standard InChI is InChI=1S/C20H23F2N3O2/c1-13(14(2)23)20(27)25(11-15-7-3-4-8-16(15)21)12-19(26)24-18-10-6-5-9-17(18)22/h3-10,13-14H,11-12,23H2,1-2H3,(H,24,26). The van der Waals surface area contributed by atoms with Crippen LogP contribution in [-0.2, 0) is 16.1 Å². The summed E-state index contributed by atoms with van der Waals surface area (Å²) in [6, 6.07) is 11.3. The van der Waals surface area contributed by atoms with Crippen LogP contribution < -0.4 is 11.1 Å². The molecule has 0 saturated carbocycles. The first-order valence-electron chi connectivity index (χ1n) is 8.61. The van der Waals surface area contributed by atoms with Crippen molar-refractivity contribution in [3.05, 3.63) is 65.7 Å². The van der Waals surface area contributed by atoms with Gasteiger partial charge in [-0.15, -0.1) is 0 Å². The number of halogens is 2. The lowest BCUT2D eigenvalue weighted by atomic mass is 10.0. The number of nitrogens with zero attached hydrogens (tertiary/aromatic N) is 1. The summed E-state index contributed by atoms with van der Waals surface area (Å²) in [6.45, 7) is 2.89. The minimum Gasteiger partial charge on any atom is -0.329 e. The summed E-state index contributed by atoms with van der Waals surface area (Å²) in [5.74, 6) is -2.57. The summed E-state index contributed by atoms with van der Waals surface area (Å²) in [7, 11) is 0. The van der Waals surface area contributed by atoms with Crippen LogP contribution in [0.5, 0.6) is 0 Å². The van der Waals surface area contributed by atoms with E-state index < -0.39 is 29.5 Å². The van der Waals surface area contributed by atoms with Crippen molar-refractivity contribution < 1.29 is 18.4 Å².